The van der Waals surface area contributed by atoms with Crippen molar-refractivity contribution in [2.24, 2.45) is 11.7 Å². The zero-order chi connectivity index (χ0) is 17.1. The van der Waals surface area contributed by atoms with E-state index in [1.165, 1.54) is 12.8 Å². The lowest BCUT2D eigenvalue weighted by atomic mass is 9.81. The molecule has 5 heteroatoms. The third-order valence-corrected chi connectivity index (χ3v) is 5.55. The summed E-state index contributed by atoms with van der Waals surface area (Å²) in [7, 11) is 0. The molecule has 3 N–H and O–H groups in total. The SMILES string of the molecule is NC(=O)C(c1cn(CCO)c2cccc(Cl)c12)C1CCCCCC1. The summed E-state index contributed by atoms with van der Waals surface area (Å²) < 4.78 is 1.98. The molecule has 1 unspecified atom stereocenters. The molecule has 1 aromatic carbocycles. The van der Waals surface area contributed by atoms with Gasteiger partial charge in [-0.25, -0.2) is 0 Å². The number of benzene rings is 1. The van der Waals surface area contributed by atoms with E-state index in [1.54, 1.807) is 0 Å². The molecule has 1 aliphatic carbocycles. The van der Waals surface area contributed by atoms with Crippen LogP contribution < -0.4 is 5.73 Å². The van der Waals surface area contributed by atoms with Gasteiger partial charge in [0.15, 0.2) is 0 Å². The molecule has 1 aromatic heterocycles. The lowest BCUT2D eigenvalue weighted by molar-refractivity contribution is -0.120. The highest BCUT2D eigenvalue weighted by Gasteiger charge is 2.31. The molecule has 3 rings (SSSR count). The molecule has 0 saturated heterocycles. The Balaban J connectivity index is 2.11. The van der Waals surface area contributed by atoms with E-state index in [0.29, 0.717) is 11.6 Å². The Kier molecular flexibility index (Phi) is 5.47. The van der Waals surface area contributed by atoms with Crippen molar-refractivity contribution >= 4 is 28.4 Å². The van der Waals surface area contributed by atoms with Gasteiger partial charge in [0.25, 0.3) is 0 Å². The van der Waals surface area contributed by atoms with Gasteiger partial charge in [-0.2, -0.15) is 0 Å². The van der Waals surface area contributed by atoms with E-state index in [1.807, 2.05) is 29.0 Å². The second-order valence-electron chi connectivity index (χ2n) is 6.77. The van der Waals surface area contributed by atoms with Gasteiger partial charge >= 0.3 is 0 Å². The highest BCUT2D eigenvalue weighted by Crippen LogP contribution is 2.40. The molecule has 1 fully saturated rings. The maximum absolute atomic E-state index is 12.4. The van der Waals surface area contributed by atoms with Crippen LogP contribution in [0.2, 0.25) is 5.02 Å². The van der Waals surface area contributed by atoms with Crippen molar-refractivity contribution in [2.75, 3.05) is 6.61 Å². The highest BCUT2D eigenvalue weighted by molar-refractivity contribution is 6.35. The fourth-order valence-electron chi connectivity index (χ4n) is 4.15. The highest BCUT2D eigenvalue weighted by atomic mass is 35.5. The van der Waals surface area contributed by atoms with Gasteiger partial charge in [0.05, 0.1) is 17.5 Å². The Morgan fingerprint density at radius 1 is 1.29 bits per heavy atom. The average Bonchev–Trinajstić information content (AvgIpc) is 2.72. The van der Waals surface area contributed by atoms with E-state index in [4.69, 9.17) is 17.3 Å². The lowest BCUT2D eigenvalue weighted by Gasteiger charge is -2.23. The maximum atomic E-state index is 12.4. The Morgan fingerprint density at radius 3 is 2.62 bits per heavy atom. The van der Waals surface area contributed by atoms with Crippen LogP contribution in [0.25, 0.3) is 10.9 Å². The van der Waals surface area contributed by atoms with Gasteiger partial charge < -0.3 is 15.4 Å². The van der Waals surface area contributed by atoms with Crippen molar-refractivity contribution in [2.45, 2.75) is 51.0 Å². The van der Waals surface area contributed by atoms with Crippen LogP contribution in [-0.4, -0.2) is 22.2 Å². The van der Waals surface area contributed by atoms with Gasteiger partial charge in [-0.1, -0.05) is 43.4 Å². The number of aliphatic hydroxyl groups is 1. The van der Waals surface area contributed by atoms with Crippen LogP contribution in [0.3, 0.4) is 0 Å². The average molecular weight is 349 g/mol. The van der Waals surface area contributed by atoms with Crippen molar-refractivity contribution in [3.63, 3.8) is 0 Å². The largest absolute Gasteiger partial charge is 0.395 e. The number of halogens is 1. The molecule has 1 saturated carbocycles. The van der Waals surface area contributed by atoms with E-state index < -0.39 is 0 Å². The number of aliphatic hydroxyl groups excluding tert-OH is 1. The quantitative estimate of drug-likeness (QED) is 0.806. The fourth-order valence-corrected chi connectivity index (χ4v) is 4.43. The third-order valence-electron chi connectivity index (χ3n) is 5.24. The molecular formula is C19H25ClN2O2. The van der Waals surface area contributed by atoms with Crippen LogP contribution in [0.5, 0.6) is 0 Å². The minimum absolute atomic E-state index is 0.0421. The van der Waals surface area contributed by atoms with Gasteiger partial charge in [0.1, 0.15) is 0 Å². The number of hydrogen-bond donors (Lipinski definition) is 2. The molecule has 130 valence electrons. The second kappa shape index (κ2) is 7.58. The number of hydrogen-bond acceptors (Lipinski definition) is 2. The van der Waals surface area contributed by atoms with Crippen LogP contribution in [0.4, 0.5) is 0 Å². The number of carbonyl (C=O) groups is 1. The molecule has 0 aliphatic heterocycles. The standard InChI is InChI=1S/C19H25ClN2O2/c20-15-8-5-9-16-18(15)14(12-22(16)10-11-23)17(19(21)24)13-6-3-1-2-4-7-13/h5,8-9,12-13,17,23H,1-4,6-7,10-11H2,(H2,21,24). The minimum Gasteiger partial charge on any atom is -0.395 e. The molecule has 4 nitrogen and oxygen atoms in total. The zero-order valence-corrected chi connectivity index (χ0v) is 14.6. The Hall–Kier alpha value is -1.52. The number of nitrogens with zero attached hydrogens (tertiary/aromatic N) is 1. The van der Waals surface area contributed by atoms with Gasteiger partial charge in [-0.05, 0) is 36.5 Å². The minimum atomic E-state index is -0.314. The van der Waals surface area contributed by atoms with Crippen molar-refractivity contribution in [1.29, 1.82) is 0 Å². The van der Waals surface area contributed by atoms with Crippen molar-refractivity contribution < 1.29 is 9.90 Å². The maximum Gasteiger partial charge on any atom is 0.225 e. The van der Waals surface area contributed by atoms with Crippen LogP contribution in [-0.2, 0) is 11.3 Å². The van der Waals surface area contributed by atoms with E-state index in [-0.39, 0.29) is 24.3 Å². The van der Waals surface area contributed by atoms with Crippen LogP contribution in [0.15, 0.2) is 24.4 Å². The Morgan fingerprint density at radius 2 is 2.00 bits per heavy atom. The Labute approximate surface area is 147 Å². The monoisotopic (exact) mass is 348 g/mol. The third kappa shape index (κ3) is 3.31. The second-order valence-corrected chi connectivity index (χ2v) is 7.17. The molecule has 0 bridgehead atoms. The summed E-state index contributed by atoms with van der Waals surface area (Å²) in [5, 5.41) is 10.9. The van der Waals surface area contributed by atoms with Gasteiger partial charge in [-0.3, -0.25) is 4.79 Å². The summed E-state index contributed by atoms with van der Waals surface area (Å²) >= 11 is 6.47. The molecular weight excluding hydrogens is 324 g/mol. The molecule has 1 aliphatic rings. The van der Waals surface area contributed by atoms with E-state index >= 15 is 0 Å². The molecule has 1 heterocycles. The number of amides is 1. The topological polar surface area (TPSA) is 68.2 Å². The van der Waals surface area contributed by atoms with Gasteiger partial charge in [-0.15, -0.1) is 0 Å². The lowest BCUT2D eigenvalue weighted by Crippen LogP contribution is -2.28. The van der Waals surface area contributed by atoms with E-state index in [2.05, 4.69) is 0 Å². The summed E-state index contributed by atoms with van der Waals surface area (Å²) in [6.07, 6.45) is 8.79. The predicted molar refractivity (Wildman–Crippen MR) is 97.2 cm³/mol. The number of rotatable bonds is 5. The summed E-state index contributed by atoms with van der Waals surface area (Å²) in [4.78, 5) is 12.4. The number of carbonyl (C=O) groups excluding carboxylic acids is 1. The number of nitrogens with two attached hydrogens (primary N) is 1. The molecule has 0 radical (unpaired) electrons. The predicted octanol–water partition coefficient (Wildman–Crippen LogP) is 3.83. The zero-order valence-electron chi connectivity index (χ0n) is 13.9. The molecule has 1 atom stereocenters. The summed E-state index contributed by atoms with van der Waals surface area (Å²) in [5.41, 5.74) is 7.70. The van der Waals surface area contributed by atoms with Crippen molar-refractivity contribution in [3.8, 4) is 0 Å². The first-order valence-electron chi connectivity index (χ1n) is 8.81. The van der Waals surface area contributed by atoms with Crippen LogP contribution in [0.1, 0.15) is 50.0 Å². The van der Waals surface area contributed by atoms with Crippen molar-refractivity contribution in [1.82, 2.24) is 4.57 Å². The Bertz CT molecular complexity index is 717. The van der Waals surface area contributed by atoms with Crippen LogP contribution >= 0.6 is 11.6 Å². The van der Waals surface area contributed by atoms with Gasteiger partial charge in [0.2, 0.25) is 5.91 Å². The number of aromatic nitrogens is 1. The first-order valence-corrected chi connectivity index (χ1v) is 9.18. The molecule has 1 amide bonds. The first-order chi connectivity index (χ1) is 11.6. The van der Waals surface area contributed by atoms with Crippen LogP contribution in [0, 0.1) is 5.92 Å². The normalized spacial score (nSPS) is 17.8. The van der Waals surface area contributed by atoms with E-state index in [0.717, 1.165) is 42.1 Å². The molecule has 24 heavy (non-hydrogen) atoms. The van der Waals surface area contributed by atoms with Gasteiger partial charge in [0, 0.05) is 23.6 Å². The summed E-state index contributed by atoms with van der Waals surface area (Å²) in [6.45, 7) is 0.521. The smallest absolute Gasteiger partial charge is 0.225 e. The van der Waals surface area contributed by atoms with E-state index in [9.17, 15) is 9.90 Å². The fraction of sp³-hybridized carbons (Fsp3) is 0.526. The number of fused-ring (bicyclic) bond motifs is 1. The summed E-state index contributed by atoms with van der Waals surface area (Å²) in [6, 6.07) is 5.72. The number of primary amides is 1. The summed E-state index contributed by atoms with van der Waals surface area (Å²) in [5.74, 6) is -0.315. The molecule has 2 aromatic rings. The van der Waals surface area contributed by atoms with Crippen molar-refractivity contribution in [3.05, 3.63) is 35.0 Å². The first kappa shape index (κ1) is 17.3. The molecule has 0 spiro atoms.